The molecule has 1 aromatic heterocycles. The molecule has 2 nitrogen and oxygen atoms in total. The SMILES string of the molecule is Fc1ccc2nc(N3CC=CCC3)sc2c1. The summed E-state index contributed by atoms with van der Waals surface area (Å²) in [5.41, 5.74) is 0.885. The molecular formula is C12H11FN2S. The third kappa shape index (κ3) is 1.69. The molecular weight excluding hydrogens is 223 g/mol. The fourth-order valence-electron chi connectivity index (χ4n) is 1.84. The third-order valence-corrected chi connectivity index (χ3v) is 3.75. The van der Waals surface area contributed by atoms with E-state index in [0.717, 1.165) is 34.9 Å². The van der Waals surface area contributed by atoms with Gasteiger partial charge >= 0.3 is 0 Å². The van der Waals surface area contributed by atoms with Crippen LogP contribution in [0.1, 0.15) is 6.42 Å². The summed E-state index contributed by atoms with van der Waals surface area (Å²) in [5, 5.41) is 0.991. The number of anilines is 1. The van der Waals surface area contributed by atoms with E-state index in [2.05, 4.69) is 22.0 Å². The number of rotatable bonds is 1. The van der Waals surface area contributed by atoms with Gasteiger partial charge in [-0.3, -0.25) is 0 Å². The molecule has 0 spiro atoms. The van der Waals surface area contributed by atoms with E-state index in [0.29, 0.717) is 0 Å². The number of thiazole rings is 1. The molecule has 0 N–H and O–H groups in total. The highest BCUT2D eigenvalue weighted by Gasteiger charge is 2.12. The normalized spacial score (nSPS) is 15.9. The maximum atomic E-state index is 13.0. The molecule has 82 valence electrons. The molecule has 0 radical (unpaired) electrons. The van der Waals surface area contributed by atoms with Gasteiger partial charge in [-0.2, -0.15) is 0 Å². The Bertz CT molecular complexity index is 547. The summed E-state index contributed by atoms with van der Waals surface area (Å²) in [6.07, 6.45) is 5.39. The molecule has 3 rings (SSSR count). The Morgan fingerprint density at radius 1 is 1.31 bits per heavy atom. The lowest BCUT2D eigenvalue weighted by Crippen LogP contribution is -2.26. The molecule has 1 aromatic carbocycles. The Hall–Kier alpha value is -1.42. The molecule has 2 heterocycles. The second-order valence-electron chi connectivity index (χ2n) is 3.81. The van der Waals surface area contributed by atoms with Crippen molar-refractivity contribution in [3.05, 3.63) is 36.2 Å². The van der Waals surface area contributed by atoms with Gasteiger partial charge < -0.3 is 4.90 Å². The number of fused-ring (bicyclic) bond motifs is 1. The summed E-state index contributed by atoms with van der Waals surface area (Å²) in [6, 6.07) is 4.75. The lowest BCUT2D eigenvalue weighted by molar-refractivity contribution is 0.630. The van der Waals surface area contributed by atoms with Crippen molar-refractivity contribution in [1.82, 2.24) is 4.98 Å². The summed E-state index contributed by atoms with van der Waals surface area (Å²) in [7, 11) is 0. The first kappa shape index (κ1) is 9.78. The fourth-order valence-corrected chi connectivity index (χ4v) is 2.86. The molecule has 1 aliphatic heterocycles. The van der Waals surface area contributed by atoms with E-state index >= 15 is 0 Å². The fraction of sp³-hybridized carbons (Fsp3) is 0.250. The van der Waals surface area contributed by atoms with Gasteiger partial charge in [0, 0.05) is 13.1 Å². The van der Waals surface area contributed by atoms with Crippen molar-refractivity contribution < 1.29 is 4.39 Å². The number of hydrogen-bond donors (Lipinski definition) is 0. The van der Waals surface area contributed by atoms with Gasteiger partial charge in [0.1, 0.15) is 5.82 Å². The van der Waals surface area contributed by atoms with Crippen molar-refractivity contribution in [3.63, 3.8) is 0 Å². The van der Waals surface area contributed by atoms with Crippen molar-refractivity contribution in [1.29, 1.82) is 0 Å². The first-order valence-corrected chi connectivity index (χ1v) is 6.10. The Labute approximate surface area is 97.0 Å². The van der Waals surface area contributed by atoms with Gasteiger partial charge in [0.25, 0.3) is 0 Å². The van der Waals surface area contributed by atoms with E-state index < -0.39 is 0 Å². The summed E-state index contributed by atoms with van der Waals surface area (Å²) < 4.78 is 14.0. The maximum absolute atomic E-state index is 13.0. The molecule has 2 aromatic rings. The molecule has 0 bridgehead atoms. The van der Waals surface area contributed by atoms with E-state index in [9.17, 15) is 4.39 Å². The molecule has 0 aliphatic carbocycles. The zero-order valence-electron chi connectivity index (χ0n) is 8.69. The van der Waals surface area contributed by atoms with Crippen LogP contribution in [0, 0.1) is 5.82 Å². The van der Waals surface area contributed by atoms with Gasteiger partial charge in [-0.05, 0) is 24.6 Å². The van der Waals surface area contributed by atoms with Crippen LogP contribution in [0.25, 0.3) is 10.2 Å². The second kappa shape index (κ2) is 3.87. The third-order valence-electron chi connectivity index (χ3n) is 2.67. The molecule has 0 saturated carbocycles. The summed E-state index contributed by atoms with van der Waals surface area (Å²) >= 11 is 1.56. The van der Waals surface area contributed by atoms with E-state index in [-0.39, 0.29) is 5.82 Å². The molecule has 0 amide bonds. The van der Waals surface area contributed by atoms with Gasteiger partial charge in [-0.25, -0.2) is 9.37 Å². The molecule has 1 aliphatic rings. The number of halogens is 1. The monoisotopic (exact) mass is 234 g/mol. The van der Waals surface area contributed by atoms with Crippen molar-refractivity contribution >= 4 is 26.7 Å². The largest absolute Gasteiger partial charge is 0.344 e. The average Bonchev–Trinajstić information content (AvgIpc) is 2.73. The van der Waals surface area contributed by atoms with Gasteiger partial charge in [-0.15, -0.1) is 0 Å². The van der Waals surface area contributed by atoms with Gasteiger partial charge in [-0.1, -0.05) is 23.5 Å². The van der Waals surface area contributed by atoms with Crippen molar-refractivity contribution in [2.45, 2.75) is 6.42 Å². The van der Waals surface area contributed by atoms with Crippen molar-refractivity contribution in [2.24, 2.45) is 0 Å². The van der Waals surface area contributed by atoms with Crippen LogP contribution in [-0.4, -0.2) is 18.1 Å². The minimum atomic E-state index is -0.193. The van der Waals surface area contributed by atoms with Crippen LogP contribution in [0.4, 0.5) is 9.52 Å². The lowest BCUT2D eigenvalue weighted by Gasteiger charge is -2.21. The van der Waals surface area contributed by atoms with Crippen LogP contribution in [-0.2, 0) is 0 Å². The molecule has 16 heavy (non-hydrogen) atoms. The standard InChI is InChI=1S/C12H11FN2S/c13-9-4-5-10-11(8-9)16-12(14-10)15-6-2-1-3-7-15/h1-2,4-5,8H,3,6-7H2. The summed E-state index contributed by atoms with van der Waals surface area (Å²) in [5.74, 6) is -0.193. The Morgan fingerprint density at radius 3 is 3.06 bits per heavy atom. The summed E-state index contributed by atoms with van der Waals surface area (Å²) in [6.45, 7) is 1.90. The zero-order valence-corrected chi connectivity index (χ0v) is 9.51. The second-order valence-corrected chi connectivity index (χ2v) is 4.82. The average molecular weight is 234 g/mol. The smallest absolute Gasteiger partial charge is 0.186 e. The number of nitrogens with zero attached hydrogens (tertiary/aromatic N) is 2. The molecule has 4 heteroatoms. The predicted molar refractivity (Wildman–Crippen MR) is 65.5 cm³/mol. The minimum absolute atomic E-state index is 0.193. The molecule has 0 atom stereocenters. The van der Waals surface area contributed by atoms with Crippen molar-refractivity contribution in [3.8, 4) is 0 Å². The van der Waals surface area contributed by atoms with Crippen molar-refractivity contribution in [2.75, 3.05) is 18.0 Å². The van der Waals surface area contributed by atoms with Gasteiger partial charge in [0.15, 0.2) is 5.13 Å². The number of hydrogen-bond acceptors (Lipinski definition) is 3. The van der Waals surface area contributed by atoms with Crippen LogP contribution in [0.3, 0.4) is 0 Å². The first-order valence-electron chi connectivity index (χ1n) is 5.29. The van der Waals surface area contributed by atoms with Crippen LogP contribution in [0.15, 0.2) is 30.4 Å². The van der Waals surface area contributed by atoms with Crippen LogP contribution >= 0.6 is 11.3 Å². The highest BCUT2D eigenvalue weighted by atomic mass is 32.1. The Kier molecular flexibility index (Phi) is 2.36. The molecule has 0 unspecified atom stereocenters. The minimum Gasteiger partial charge on any atom is -0.344 e. The maximum Gasteiger partial charge on any atom is 0.186 e. The number of benzene rings is 1. The van der Waals surface area contributed by atoms with Gasteiger partial charge in [0.2, 0.25) is 0 Å². The lowest BCUT2D eigenvalue weighted by atomic mass is 10.3. The Morgan fingerprint density at radius 2 is 2.25 bits per heavy atom. The van der Waals surface area contributed by atoms with Crippen LogP contribution < -0.4 is 4.90 Å². The van der Waals surface area contributed by atoms with Gasteiger partial charge in [0.05, 0.1) is 10.2 Å². The first-order chi connectivity index (χ1) is 7.83. The summed E-state index contributed by atoms with van der Waals surface area (Å²) in [4.78, 5) is 6.75. The number of aromatic nitrogens is 1. The van der Waals surface area contributed by atoms with E-state index in [1.807, 2.05) is 0 Å². The van der Waals surface area contributed by atoms with E-state index in [1.54, 1.807) is 23.5 Å². The van der Waals surface area contributed by atoms with Crippen LogP contribution in [0.2, 0.25) is 0 Å². The highest BCUT2D eigenvalue weighted by molar-refractivity contribution is 7.22. The zero-order chi connectivity index (χ0) is 11.0. The predicted octanol–water partition coefficient (Wildman–Crippen LogP) is 3.20. The topological polar surface area (TPSA) is 16.1 Å². The van der Waals surface area contributed by atoms with E-state index in [1.165, 1.54) is 6.07 Å². The molecule has 0 saturated heterocycles. The highest BCUT2D eigenvalue weighted by Crippen LogP contribution is 2.29. The molecule has 0 fully saturated rings. The van der Waals surface area contributed by atoms with E-state index in [4.69, 9.17) is 0 Å². The quantitative estimate of drug-likeness (QED) is 0.704. The Balaban J connectivity index is 2.01. The van der Waals surface area contributed by atoms with Crippen LogP contribution in [0.5, 0.6) is 0 Å².